The van der Waals surface area contributed by atoms with Gasteiger partial charge in [-0.3, -0.25) is 15.0 Å². The van der Waals surface area contributed by atoms with E-state index in [1.807, 2.05) is 0 Å². The number of piperazine rings is 1. The lowest BCUT2D eigenvalue weighted by atomic mass is 9.98. The predicted molar refractivity (Wildman–Crippen MR) is 81.8 cm³/mol. The van der Waals surface area contributed by atoms with E-state index >= 15 is 0 Å². The molecule has 1 fully saturated rings. The minimum Gasteiger partial charge on any atom is -0.506 e. The van der Waals surface area contributed by atoms with Crippen LogP contribution in [0.3, 0.4) is 0 Å². The summed E-state index contributed by atoms with van der Waals surface area (Å²) in [7, 11) is 0. The van der Waals surface area contributed by atoms with Crippen LogP contribution in [0, 0.1) is 10.1 Å². The maximum Gasteiger partial charge on any atom is 0.278 e. The molecule has 1 saturated heterocycles. The van der Waals surface area contributed by atoms with Gasteiger partial charge in [-0.15, -0.1) is 6.58 Å². The van der Waals surface area contributed by atoms with Crippen molar-refractivity contribution < 1.29 is 10.0 Å². The first-order valence-corrected chi connectivity index (χ1v) is 7.15. The predicted octanol–water partition coefficient (Wildman–Crippen LogP) is 2.48. The van der Waals surface area contributed by atoms with Gasteiger partial charge in [-0.05, 0) is 12.5 Å². The standard InChI is InChI=1S/C14H18ClN3O3/c1-2-3-11(17-8-6-16-7-9-17)13-12(18(20)21)5-4-10(15)14(13)19/h2,4-5,11,16,19H,1,3,6-9H2/t11-/m1/s1. The molecule has 0 spiro atoms. The van der Waals surface area contributed by atoms with Crippen LogP contribution in [0.1, 0.15) is 18.0 Å². The minimum absolute atomic E-state index is 0.109. The van der Waals surface area contributed by atoms with Gasteiger partial charge in [-0.25, -0.2) is 0 Å². The molecule has 7 heteroatoms. The smallest absolute Gasteiger partial charge is 0.278 e. The third kappa shape index (κ3) is 3.34. The topological polar surface area (TPSA) is 78.6 Å². The summed E-state index contributed by atoms with van der Waals surface area (Å²) < 4.78 is 0. The van der Waals surface area contributed by atoms with E-state index in [0.29, 0.717) is 6.42 Å². The monoisotopic (exact) mass is 311 g/mol. The fraction of sp³-hybridized carbons (Fsp3) is 0.429. The third-order valence-corrected chi connectivity index (χ3v) is 3.96. The molecular formula is C14H18ClN3O3. The molecule has 2 N–H and O–H groups in total. The van der Waals surface area contributed by atoms with Crippen molar-refractivity contribution in [1.29, 1.82) is 0 Å². The first-order valence-electron chi connectivity index (χ1n) is 6.77. The zero-order valence-electron chi connectivity index (χ0n) is 11.6. The average Bonchev–Trinajstić information content (AvgIpc) is 2.48. The van der Waals surface area contributed by atoms with E-state index in [1.165, 1.54) is 12.1 Å². The maximum atomic E-state index is 11.3. The van der Waals surface area contributed by atoms with Crippen LogP contribution < -0.4 is 5.32 Å². The Labute approximate surface area is 128 Å². The SMILES string of the molecule is C=CC[C@H](c1c([N+](=O)[O-])ccc(Cl)c1O)N1CCNCC1. The van der Waals surface area contributed by atoms with Crippen LogP contribution in [0.15, 0.2) is 24.8 Å². The Morgan fingerprint density at radius 1 is 1.52 bits per heavy atom. The van der Waals surface area contributed by atoms with Gasteiger partial charge in [0, 0.05) is 38.3 Å². The molecule has 0 bridgehead atoms. The van der Waals surface area contributed by atoms with Gasteiger partial charge in [0.05, 0.1) is 15.5 Å². The molecule has 21 heavy (non-hydrogen) atoms. The van der Waals surface area contributed by atoms with Crippen molar-refractivity contribution in [2.75, 3.05) is 26.2 Å². The highest BCUT2D eigenvalue weighted by atomic mass is 35.5. The number of halogens is 1. The number of phenolic OH excluding ortho intramolecular Hbond substituents is 1. The van der Waals surface area contributed by atoms with E-state index in [1.54, 1.807) is 6.08 Å². The number of nitrogens with zero attached hydrogens (tertiary/aromatic N) is 2. The molecule has 1 aliphatic heterocycles. The van der Waals surface area contributed by atoms with Crippen LogP contribution in [0.25, 0.3) is 0 Å². The van der Waals surface area contributed by atoms with Gasteiger partial charge >= 0.3 is 0 Å². The lowest BCUT2D eigenvalue weighted by molar-refractivity contribution is -0.386. The number of benzene rings is 1. The van der Waals surface area contributed by atoms with E-state index in [4.69, 9.17) is 11.6 Å². The van der Waals surface area contributed by atoms with Crippen molar-refractivity contribution in [3.05, 3.63) is 45.5 Å². The molecule has 0 amide bonds. The highest BCUT2D eigenvalue weighted by Crippen LogP contribution is 2.42. The van der Waals surface area contributed by atoms with Gasteiger partial charge in [0.25, 0.3) is 5.69 Å². The van der Waals surface area contributed by atoms with Crippen molar-refractivity contribution in [1.82, 2.24) is 10.2 Å². The highest BCUT2D eigenvalue weighted by molar-refractivity contribution is 6.32. The van der Waals surface area contributed by atoms with E-state index in [9.17, 15) is 15.2 Å². The quantitative estimate of drug-likeness (QED) is 0.496. The summed E-state index contributed by atoms with van der Waals surface area (Å²) in [6, 6.07) is 2.39. The third-order valence-electron chi connectivity index (χ3n) is 3.66. The summed E-state index contributed by atoms with van der Waals surface area (Å²) in [6.45, 7) is 6.84. The Morgan fingerprint density at radius 3 is 2.76 bits per heavy atom. The number of hydrogen-bond donors (Lipinski definition) is 2. The van der Waals surface area contributed by atoms with Crippen LogP contribution in [-0.2, 0) is 0 Å². The molecule has 2 rings (SSSR count). The van der Waals surface area contributed by atoms with Crippen molar-refractivity contribution >= 4 is 17.3 Å². The summed E-state index contributed by atoms with van der Waals surface area (Å²) >= 11 is 5.94. The molecule has 114 valence electrons. The highest BCUT2D eigenvalue weighted by Gasteiger charge is 2.31. The van der Waals surface area contributed by atoms with E-state index in [2.05, 4.69) is 16.8 Å². The molecule has 0 saturated carbocycles. The first kappa shape index (κ1) is 15.8. The van der Waals surface area contributed by atoms with Crippen LogP contribution in [0.4, 0.5) is 5.69 Å². The molecule has 0 aromatic heterocycles. The Morgan fingerprint density at radius 2 is 2.19 bits per heavy atom. The lowest BCUT2D eigenvalue weighted by Crippen LogP contribution is -2.45. The first-order chi connectivity index (χ1) is 10.1. The number of nitrogens with one attached hydrogen (secondary N) is 1. The number of rotatable bonds is 5. The molecule has 1 aromatic carbocycles. The Kier molecular flexibility index (Phi) is 5.17. The van der Waals surface area contributed by atoms with Crippen LogP contribution in [0.5, 0.6) is 5.75 Å². The normalized spacial score (nSPS) is 17.4. The van der Waals surface area contributed by atoms with Gasteiger partial charge < -0.3 is 10.4 Å². The van der Waals surface area contributed by atoms with E-state index in [-0.39, 0.29) is 28.1 Å². The molecular weight excluding hydrogens is 294 g/mol. The van der Waals surface area contributed by atoms with E-state index in [0.717, 1.165) is 26.2 Å². The summed E-state index contributed by atoms with van der Waals surface area (Å²) in [5.41, 5.74) is 0.164. The lowest BCUT2D eigenvalue weighted by Gasteiger charge is -2.34. The average molecular weight is 312 g/mol. The molecule has 0 aliphatic carbocycles. The fourth-order valence-corrected chi connectivity index (χ4v) is 2.82. The van der Waals surface area contributed by atoms with Gasteiger partial charge in [-0.1, -0.05) is 17.7 Å². The second kappa shape index (κ2) is 6.89. The molecule has 0 unspecified atom stereocenters. The minimum atomic E-state index is -0.482. The maximum absolute atomic E-state index is 11.3. The molecule has 1 aromatic rings. The van der Waals surface area contributed by atoms with Gasteiger partial charge in [-0.2, -0.15) is 0 Å². The molecule has 1 atom stereocenters. The zero-order chi connectivity index (χ0) is 15.4. The zero-order valence-corrected chi connectivity index (χ0v) is 12.3. The van der Waals surface area contributed by atoms with Crippen LogP contribution in [0.2, 0.25) is 5.02 Å². The van der Waals surface area contributed by atoms with E-state index < -0.39 is 4.92 Å². The molecule has 0 radical (unpaired) electrons. The van der Waals surface area contributed by atoms with Crippen molar-refractivity contribution in [2.45, 2.75) is 12.5 Å². The van der Waals surface area contributed by atoms with Crippen molar-refractivity contribution in [3.63, 3.8) is 0 Å². The van der Waals surface area contributed by atoms with Crippen molar-refractivity contribution in [2.24, 2.45) is 0 Å². The largest absolute Gasteiger partial charge is 0.506 e. The Bertz CT molecular complexity index is 545. The number of nitro groups is 1. The van der Waals surface area contributed by atoms with Crippen LogP contribution >= 0.6 is 11.6 Å². The number of aromatic hydroxyl groups is 1. The number of hydrogen-bond acceptors (Lipinski definition) is 5. The fourth-order valence-electron chi connectivity index (χ4n) is 2.66. The second-order valence-corrected chi connectivity index (χ2v) is 5.32. The number of nitro benzene ring substituents is 1. The molecule has 1 aliphatic rings. The molecule has 6 nitrogen and oxygen atoms in total. The Hall–Kier alpha value is -1.63. The summed E-state index contributed by atoms with van der Waals surface area (Å²) in [5.74, 6) is -0.212. The Balaban J connectivity index is 2.49. The number of phenols is 1. The van der Waals surface area contributed by atoms with Crippen LogP contribution in [-0.4, -0.2) is 41.1 Å². The van der Waals surface area contributed by atoms with Gasteiger partial charge in [0.2, 0.25) is 0 Å². The van der Waals surface area contributed by atoms with Crippen molar-refractivity contribution in [3.8, 4) is 5.75 Å². The van der Waals surface area contributed by atoms with Gasteiger partial charge in [0.15, 0.2) is 0 Å². The second-order valence-electron chi connectivity index (χ2n) is 4.91. The van der Waals surface area contributed by atoms with Gasteiger partial charge in [0.1, 0.15) is 5.75 Å². The molecule has 1 heterocycles. The summed E-state index contributed by atoms with van der Waals surface area (Å²) in [4.78, 5) is 12.9. The summed E-state index contributed by atoms with van der Waals surface area (Å²) in [6.07, 6.45) is 2.21. The summed E-state index contributed by atoms with van der Waals surface area (Å²) in [5, 5.41) is 24.9.